The first-order valence-corrected chi connectivity index (χ1v) is 7.19. The Hall–Kier alpha value is -0.610. The third-order valence-electron chi connectivity index (χ3n) is 4.90. The van der Waals surface area contributed by atoms with E-state index in [0.717, 1.165) is 32.4 Å². The van der Waals surface area contributed by atoms with Gasteiger partial charge in [-0.15, -0.1) is 0 Å². The van der Waals surface area contributed by atoms with Crippen LogP contribution < -0.4 is 0 Å². The van der Waals surface area contributed by atoms with E-state index in [-0.39, 0.29) is 12.0 Å². The molecule has 1 saturated carbocycles. The second-order valence-electron chi connectivity index (χ2n) is 6.11. The van der Waals surface area contributed by atoms with Crippen molar-refractivity contribution in [2.24, 2.45) is 5.92 Å². The summed E-state index contributed by atoms with van der Waals surface area (Å²) in [5, 5.41) is 9.39. The van der Waals surface area contributed by atoms with Gasteiger partial charge in [0.25, 0.3) is 0 Å². The molecule has 0 aromatic rings. The SMILES string of the molecule is CC1CN(C2CCCCC2C(=O)O)CC(C)N1C. The van der Waals surface area contributed by atoms with Crippen LogP contribution >= 0.6 is 0 Å². The van der Waals surface area contributed by atoms with Gasteiger partial charge in [-0.1, -0.05) is 12.8 Å². The standard InChI is InChI=1S/C14H26N2O2/c1-10-8-16(9-11(2)15(10)3)13-7-5-4-6-12(13)14(17)18/h10-13H,4-9H2,1-3H3,(H,17,18). The molecule has 0 spiro atoms. The molecule has 2 rings (SSSR count). The van der Waals surface area contributed by atoms with Crippen molar-refractivity contribution in [3.8, 4) is 0 Å². The highest BCUT2D eigenvalue weighted by molar-refractivity contribution is 5.71. The van der Waals surface area contributed by atoms with Gasteiger partial charge in [-0.3, -0.25) is 14.6 Å². The summed E-state index contributed by atoms with van der Waals surface area (Å²) in [7, 11) is 2.17. The Balaban J connectivity index is 2.07. The van der Waals surface area contributed by atoms with Crippen molar-refractivity contribution in [1.29, 1.82) is 0 Å². The molecule has 18 heavy (non-hydrogen) atoms. The fourth-order valence-corrected chi connectivity index (χ4v) is 3.55. The highest BCUT2D eigenvalue weighted by atomic mass is 16.4. The molecule has 104 valence electrons. The van der Waals surface area contributed by atoms with E-state index in [0.29, 0.717) is 12.1 Å². The van der Waals surface area contributed by atoms with E-state index < -0.39 is 5.97 Å². The highest BCUT2D eigenvalue weighted by Crippen LogP contribution is 2.31. The lowest BCUT2D eigenvalue weighted by Gasteiger charge is -2.48. The molecule has 4 heteroatoms. The number of hydrogen-bond acceptors (Lipinski definition) is 3. The lowest BCUT2D eigenvalue weighted by atomic mass is 9.82. The minimum absolute atomic E-state index is 0.151. The van der Waals surface area contributed by atoms with Gasteiger partial charge in [0.1, 0.15) is 0 Å². The highest BCUT2D eigenvalue weighted by Gasteiger charge is 2.38. The summed E-state index contributed by atoms with van der Waals surface area (Å²) in [6.07, 6.45) is 4.17. The van der Waals surface area contributed by atoms with E-state index in [2.05, 4.69) is 30.7 Å². The van der Waals surface area contributed by atoms with Crippen molar-refractivity contribution in [3.05, 3.63) is 0 Å². The van der Waals surface area contributed by atoms with Crippen molar-refractivity contribution in [2.45, 2.75) is 57.7 Å². The second kappa shape index (κ2) is 5.57. The van der Waals surface area contributed by atoms with Crippen LogP contribution in [-0.4, -0.2) is 59.1 Å². The van der Waals surface area contributed by atoms with Crippen LogP contribution in [0.4, 0.5) is 0 Å². The number of likely N-dealkylation sites (N-methyl/N-ethyl adjacent to an activating group) is 1. The van der Waals surface area contributed by atoms with Crippen molar-refractivity contribution >= 4 is 5.97 Å². The molecule has 0 radical (unpaired) electrons. The summed E-state index contributed by atoms with van der Waals surface area (Å²) >= 11 is 0. The van der Waals surface area contributed by atoms with E-state index >= 15 is 0 Å². The average Bonchev–Trinajstić information content (AvgIpc) is 2.35. The van der Waals surface area contributed by atoms with Crippen molar-refractivity contribution in [1.82, 2.24) is 9.80 Å². The Morgan fingerprint density at radius 1 is 1.11 bits per heavy atom. The Morgan fingerprint density at radius 3 is 2.22 bits per heavy atom. The summed E-state index contributed by atoms with van der Waals surface area (Å²) in [5.74, 6) is -0.750. The molecule has 1 aliphatic carbocycles. The van der Waals surface area contributed by atoms with Crippen LogP contribution in [0.25, 0.3) is 0 Å². The van der Waals surface area contributed by atoms with Crippen LogP contribution in [0.15, 0.2) is 0 Å². The zero-order valence-electron chi connectivity index (χ0n) is 11.8. The van der Waals surface area contributed by atoms with Gasteiger partial charge in [0.15, 0.2) is 0 Å². The van der Waals surface area contributed by atoms with Crippen LogP contribution in [0, 0.1) is 5.92 Å². The maximum absolute atomic E-state index is 11.4. The minimum Gasteiger partial charge on any atom is -0.481 e. The molecule has 4 unspecified atom stereocenters. The second-order valence-corrected chi connectivity index (χ2v) is 6.11. The van der Waals surface area contributed by atoms with E-state index in [1.54, 1.807) is 0 Å². The fraction of sp³-hybridized carbons (Fsp3) is 0.929. The lowest BCUT2D eigenvalue weighted by molar-refractivity contribution is -0.146. The maximum Gasteiger partial charge on any atom is 0.308 e. The quantitative estimate of drug-likeness (QED) is 0.814. The van der Waals surface area contributed by atoms with Crippen molar-refractivity contribution in [3.63, 3.8) is 0 Å². The lowest BCUT2D eigenvalue weighted by Crippen LogP contribution is -2.59. The van der Waals surface area contributed by atoms with Gasteiger partial charge in [-0.2, -0.15) is 0 Å². The maximum atomic E-state index is 11.4. The molecule has 1 aliphatic heterocycles. The zero-order chi connectivity index (χ0) is 13.3. The first-order valence-electron chi connectivity index (χ1n) is 7.19. The molecule has 1 saturated heterocycles. The predicted molar refractivity (Wildman–Crippen MR) is 71.6 cm³/mol. The number of carboxylic acids is 1. The number of carboxylic acid groups (broad SMARTS) is 1. The van der Waals surface area contributed by atoms with Crippen molar-refractivity contribution < 1.29 is 9.90 Å². The largest absolute Gasteiger partial charge is 0.481 e. The van der Waals surface area contributed by atoms with Crippen LogP contribution in [0.3, 0.4) is 0 Å². The van der Waals surface area contributed by atoms with Crippen LogP contribution in [0.2, 0.25) is 0 Å². The van der Waals surface area contributed by atoms with Crippen LogP contribution in [0.1, 0.15) is 39.5 Å². The number of aliphatic carboxylic acids is 1. The zero-order valence-corrected chi connectivity index (χ0v) is 11.8. The van der Waals surface area contributed by atoms with E-state index in [9.17, 15) is 9.90 Å². The Labute approximate surface area is 110 Å². The molecule has 0 aromatic heterocycles. The number of carbonyl (C=O) groups is 1. The van der Waals surface area contributed by atoms with E-state index in [4.69, 9.17) is 0 Å². The van der Waals surface area contributed by atoms with Gasteiger partial charge in [-0.25, -0.2) is 0 Å². The first-order chi connectivity index (χ1) is 8.50. The average molecular weight is 254 g/mol. The molecule has 2 fully saturated rings. The monoisotopic (exact) mass is 254 g/mol. The van der Waals surface area contributed by atoms with Gasteiger partial charge in [0.2, 0.25) is 0 Å². The summed E-state index contributed by atoms with van der Waals surface area (Å²) in [6, 6.07) is 1.30. The minimum atomic E-state index is -0.598. The number of piperazine rings is 1. The summed E-state index contributed by atoms with van der Waals surface area (Å²) in [5.41, 5.74) is 0. The van der Waals surface area contributed by atoms with Gasteiger partial charge in [0.05, 0.1) is 5.92 Å². The topological polar surface area (TPSA) is 43.8 Å². The Kier molecular flexibility index (Phi) is 4.28. The molecule has 0 amide bonds. The summed E-state index contributed by atoms with van der Waals surface area (Å²) in [4.78, 5) is 16.2. The molecular weight excluding hydrogens is 228 g/mol. The molecule has 0 aromatic carbocycles. The Morgan fingerprint density at radius 2 is 1.67 bits per heavy atom. The number of rotatable bonds is 2. The molecule has 0 bridgehead atoms. The van der Waals surface area contributed by atoms with Gasteiger partial charge in [-0.05, 0) is 33.7 Å². The smallest absolute Gasteiger partial charge is 0.308 e. The molecule has 4 nitrogen and oxygen atoms in total. The first kappa shape index (κ1) is 13.8. The van der Waals surface area contributed by atoms with Gasteiger partial charge < -0.3 is 5.11 Å². The molecule has 1 heterocycles. The summed E-state index contributed by atoms with van der Waals surface area (Å²) < 4.78 is 0. The normalized spacial score (nSPS) is 39.7. The van der Waals surface area contributed by atoms with Gasteiger partial charge >= 0.3 is 5.97 Å². The van der Waals surface area contributed by atoms with Gasteiger partial charge in [0, 0.05) is 31.2 Å². The van der Waals surface area contributed by atoms with Crippen molar-refractivity contribution in [2.75, 3.05) is 20.1 Å². The van der Waals surface area contributed by atoms with Crippen LogP contribution in [0.5, 0.6) is 0 Å². The third kappa shape index (κ3) is 2.69. The summed E-state index contributed by atoms with van der Waals surface area (Å²) in [6.45, 7) is 6.49. The molecule has 4 atom stereocenters. The number of nitrogens with zero attached hydrogens (tertiary/aromatic N) is 2. The number of hydrogen-bond donors (Lipinski definition) is 1. The van der Waals surface area contributed by atoms with E-state index in [1.807, 2.05) is 0 Å². The fourth-order valence-electron chi connectivity index (χ4n) is 3.55. The molecule has 2 aliphatic rings. The molecular formula is C14H26N2O2. The third-order valence-corrected chi connectivity index (χ3v) is 4.90. The van der Waals surface area contributed by atoms with Crippen LogP contribution in [-0.2, 0) is 4.79 Å². The molecule has 1 N–H and O–H groups in total. The predicted octanol–water partition coefficient (Wildman–Crippen LogP) is 1.65. The Bertz CT molecular complexity index is 296. The van der Waals surface area contributed by atoms with E-state index in [1.165, 1.54) is 6.42 Å².